The van der Waals surface area contributed by atoms with E-state index in [-0.39, 0.29) is 30.4 Å². The van der Waals surface area contributed by atoms with Crippen molar-refractivity contribution in [1.82, 2.24) is 4.90 Å². The fourth-order valence-electron chi connectivity index (χ4n) is 3.31. The summed E-state index contributed by atoms with van der Waals surface area (Å²) in [7, 11) is 3.03. The van der Waals surface area contributed by atoms with Crippen molar-refractivity contribution in [3.63, 3.8) is 0 Å². The van der Waals surface area contributed by atoms with E-state index in [1.165, 1.54) is 19.1 Å². The Morgan fingerprint density at radius 2 is 1.92 bits per heavy atom. The third-order valence-electron chi connectivity index (χ3n) is 4.80. The highest BCUT2D eigenvalue weighted by Gasteiger charge is 2.46. The maximum Gasteiger partial charge on any atom is 0.290 e. The molecule has 0 saturated heterocycles. The first-order chi connectivity index (χ1) is 12.5. The van der Waals surface area contributed by atoms with Crippen LogP contribution in [-0.4, -0.2) is 54.2 Å². The van der Waals surface area contributed by atoms with E-state index in [1.807, 2.05) is 0 Å². The normalized spacial score (nSPS) is 19.9. The molecule has 1 heterocycles. The third-order valence-corrected chi connectivity index (χ3v) is 4.80. The zero-order valence-electron chi connectivity index (χ0n) is 14.9. The molecule has 0 unspecified atom stereocenters. The average molecular weight is 361 g/mol. The lowest BCUT2D eigenvalue weighted by molar-refractivity contribution is -0.129. The van der Waals surface area contributed by atoms with Gasteiger partial charge < -0.3 is 24.6 Å². The fourth-order valence-corrected chi connectivity index (χ4v) is 3.31. The first kappa shape index (κ1) is 18.3. The van der Waals surface area contributed by atoms with Gasteiger partial charge in [0.2, 0.25) is 0 Å². The van der Waals surface area contributed by atoms with Crippen molar-refractivity contribution < 1.29 is 29.3 Å². The van der Waals surface area contributed by atoms with Gasteiger partial charge in [-0.25, -0.2) is 0 Å². The van der Waals surface area contributed by atoms with Crippen molar-refractivity contribution in [2.45, 2.75) is 25.3 Å². The van der Waals surface area contributed by atoms with Crippen LogP contribution in [0.15, 0.2) is 29.5 Å². The van der Waals surface area contributed by atoms with Crippen molar-refractivity contribution in [1.29, 1.82) is 0 Å². The summed E-state index contributed by atoms with van der Waals surface area (Å²) in [6, 6.07) is 4.48. The Kier molecular flexibility index (Phi) is 5.18. The summed E-state index contributed by atoms with van der Waals surface area (Å²) < 4.78 is 10.6. The Hall–Kier alpha value is -2.54. The Morgan fingerprint density at radius 1 is 1.23 bits per heavy atom. The minimum atomic E-state index is -0.693. The Balaban J connectivity index is 2.05. The molecule has 2 N–H and O–H groups in total. The summed E-state index contributed by atoms with van der Waals surface area (Å²) >= 11 is 0. The number of aliphatic hydroxyl groups is 2. The molecule has 1 atom stereocenters. The third kappa shape index (κ3) is 3.14. The van der Waals surface area contributed by atoms with Gasteiger partial charge in [0.15, 0.2) is 23.0 Å². The lowest BCUT2D eigenvalue weighted by Crippen LogP contribution is -2.32. The van der Waals surface area contributed by atoms with Crippen LogP contribution in [0.3, 0.4) is 0 Å². The van der Waals surface area contributed by atoms with E-state index in [9.17, 15) is 14.7 Å². The van der Waals surface area contributed by atoms with Gasteiger partial charge in [0, 0.05) is 19.1 Å². The van der Waals surface area contributed by atoms with Crippen molar-refractivity contribution in [3.8, 4) is 11.5 Å². The molecule has 7 nitrogen and oxygen atoms in total. The summed E-state index contributed by atoms with van der Waals surface area (Å²) in [6.07, 6.45) is 1.91. The predicted molar refractivity (Wildman–Crippen MR) is 93.1 cm³/mol. The highest BCUT2D eigenvalue weighted by atomic mass is 16.5. The minimum absolute atomic E-state index is 0.0882. The highest BCUT2D eigenvalue weighted by Crippen LogP contribution is 2.44. The van der Waals surface area contributed by atoms with Gasteiger partial charge in [0.1, 0.15) is 0 Å². The van der Waals surface area contributed by atoms with E-state index in [2.05, 4.69) is 0 Å². The van der Waals surface area contributed by atoms with E-state index in [1.54, 1.807) is 18.2 Å². The number of carbonyl (C=O) groups is 2. The van der Waals surface area contributed by atoms with Crippen molar-refractivity contribution in [2.75, 3.05) is 27.4 Å². The summed E-state index contributed by atoms with van der Waals surface area (Å²) in [5.74, 6) is -0.362. The number of carbonyl (C=O) groups excluding carboxylic acids is 2. The number of amides is 1. The number of methoxy groups -OCH3 is 2. The van der Waals surface area contributed by atoms with Gasteiger partial charge in [-0.05, 0) is 37.0 Å². The SMILES string of the molecule is COc1ccc([C@@H]2C(C(=O)C3CC3)=C(O)C(=O)N2CCCO)cc1OC. The van der Waals surface area contributed by atoms with Gasteiger partial charge >= 0.3 is 0 Å². The molecule has 140 valence electrons. The van der Waals surface area contributed by atoms with Gasteiger partial charge in [-0.3, -0.25) is 9.59 Å². The average Bonchev–Trinajstić information content (AvgIpc) is 3.47. The molecule has 26 heavy (non-hydrogen) atoms. The molecule has 1 aromatic carbocycles. The number of nitrogens with zero attached hydrogens (tertiary/aromatic N) is 1. The molecule has 0 aromatic heterocycles. The molecule has 3 rings (SSSR count). The molecule has 1 aliphatic heterocycles. The number of hydrogen-bond acceptors (Lipinski definition) is 6. The molecule has 0 spiro atoms. The number of ether oxygens (including phenoxy) is 2. The summed E-state index contributed by atoms with van der Waals surface area (Å²) in [4.78, 5) is 26.7. The highest BCUT2D eigenvalue weighted by molar-refractivity contribution is 6.10. The predicted octanol–water partition coefficient (Wildman–Crippen LogP) is 1.76. The Bertz CT molecular complexity index is 752. The smallest absolute Gasteiger partial charge is 0.290 e. The second kappa shape index (κ2) is 7.37. The Labute approximate surface area is 151 Å². The van der Waals surface area contributed by atoms with Crippen LogP contribution in [0, 0.1) is 5.92 Å². The van der Waals surface area contributed by atoms with E-state index in [0.717, 1.165) is 12.8 Å². The first-order valence-corrected chi connectivity index (χ1v) is 8.64. The van der Waals surface area contributed by atoms with Crippen LogP contribution < -0.4 is 9.47 Å². The summed E-state index contributed by atoms with van der Waals surface area (Å²) in [6.45, 7) is 0.148. The van der Waals surface area contributed by atoms with Gasteiger partial charge in [-0.2, -0.15) is 0 Å². The summed E-state index contributed by atoms with van der Waals surface area (Å²) in [5.41, 5.74) is 0.796. The van der Waals surface area contributed by atoms with Crippen molar-refractivity contribution in [2.24, 2.45) is 5.92 Å². The van der Waals surface area contributed by atoms with E-state index < -0.39 is 17.7 Å². The largest absolute Gasteiger partial charge is 0.503 e. The van der Waals surface area contributed by atoms with Gasteiger partial charge in [0.05, 0.1) is 25.8 Å². The monoisotopic (exact) mass is 361 g/mol. The van der Waals surface area contributed by atoms with Crippen LogP contribution in [0.5, 0.6) is 11.5 Å². The van der Waals surface area contributed by atoms with E-state index in [0.29, 0.717) is 23.5 Å². The number of benzene rings is 1. The second-order valence-corrected chi connectivity index (χ2v) is 6.49. The van der Waals surface area contributed by atoms with Crippen molar-refractivity contribution in [3.05, 3.63) is 35.1 Å². The molecule has 1 aliphatic carbocycles. The number of rotatable bonds is 8. The van der Waals surface area contributed by atoms with Gasteiger partial charge in [-0.15, -0.1) is 0 Å². The molecule has 0 bridgehead atoms. The Morgan fingerprint density at radius 3 is 2.50 bits per heavy atom. The van der Waals surface area contributed by atoms with Crippen LogP contribution in [0.2, 0.25) is 0 Å². The maximum atomic E-state index is 12.7. The van der Waals surface area contributed by atoms with Crippen LogP contribution in [-0.2, 0) is 9.59 Å². The minimum Gasteiger partial charge on any atom is -0.503 e. The zero-order valence-corrected chi connectivity index (χ0v) is 14.9. The van der Waals surface area contributed by atoms with Crippen LogP contribution in [0.25, 0.3) is 0 Å². The number of aliphatic hydroxyl groups excluding tert-OH is 2. The van der Waals surface area contributed by atoms with E-state index >= 15 is 0 Å². The standard InChI is InChI=1S/C19H23NO6/c1-25-13-7-6-12(10-14(13)26-2)16-15(17(22)11-4-5-11)18(23)19(24)20(16)8-3-9-21/h6-7,10-11,16,21,23H,3-5,8-9H2,1-2H3/t16-/m1/s1. The molecule has 0 radical (unpaired) electrons. The number of hydrogen-bond donors (Lipinski definition) is 2. The quantitative estimate of drug-likeness (QED) is 0.732. The van der Waals surface area contributed by atoms with Gasteiger partial charge in [-0.1, -0.05) is 6.07 Å². The van der Waals surface area contributed by atoms with E-state index in [4.69, 9.17) is 14.6 Å². The molecule has 1 fully saturated rings. The maximum absolute atomic E-state index is 12.7. The first-order valence-electron chi connectivity index (χ1n) is 8.64. The van der Waals surface area contributed by atoms with Crippen molar-refractivity contribution >= 4 is 11.7 Å². The number of Topliss-reactive ketones (excluding diaryl/α,β-unsaturated/α-hetero) is 1. The second-order valence-electron chi connectivity index (χ2n) is 6.49. The van der Waals surface area contributed by atoms with Crippen LogP contribution >= 0.6 is 0 Å². The number of ketones is 1. The van der Waals surface area contributed by atoms with Gasteiger partial charge in [0.25, 0.3) is 5.91 Å². The van der Waals surface area contributed by atoms with Crippen LogP contribution in [0.1, 0.15) is 30.9 Å². The topological polar surface area (TPSA) is 96.3 Å². The summed E-state index contributed by atoms with van der Waals surface area (Å²) in [5, 5.41) is 19.5. The zero-order chi connectivity index (χ0) is 18.8. The molecule has 1 amide bonds. The van der Waals surface area contributed by atoms with Crippen LogP contribution in [0.4, 0.5) is 0 Å². The molecular formula is C19H23NO6. The molecule has 1 aromatic rings. The fraction of sp³-hybridized carbons (Fsp3) is 0.474. The lowest BCUT2D eigenvalue weighted by atomic mass is 9.94. The molecule has 7 heteroatoms. The molecule has 1 saturated carbocycles. The molecule has 2 aliphatic rings. The molecular weight excluding hydrogens is 338 g/mol. The lowest BCUT2D eigenvalue weighted by Gasteiger charge is -2.27.